The Morgan fingerprint density at radius 1 is 0.974 bits per heavy atom. The fourth-order valence-electron chi connectivity index (χ4n) is 3.63. The zero-order valence-electron chi connectivity index (χ0n) is 26.1. The van der Waals surface area contributed by atoms with E-state index in [-0.39, 0.29) is 12.5 Å². The van der Waals surface area contributed by atoms with Crippen molar-refractivity contribution in [1.82, 2.24) is 15.5 Å². The summed E-state index contributed by atoms with van der Waals surface area (Å²) in [6.07, 6.45) is 4.91. The molecule has 2 unspecified atom stereocenters. The number of rotatable bonds is 8. The SMILES string of the molecule is CC.CC(C)(C)OC(=O)NCC(=O)N1CCCC1C(=O)NC(CC1CCC1)C(=O)C(N)=O.CC(C)C.CCC. The van der Waals surface area contributed by atoms with Crippen LogP contribution in [0.2, 0.25) is 0 Å². The molecule has 10 nitrogen and oxygen atoms in total. The first-order valence-electron chi connectivity index (χ1n) is 14.5. The number of nitrogens with two attached hydrogens (primary N) is 1. The first-order valence-corrected chi connectivity index (χ1v) is 14.5. The van der Waals surface area contributed by atoms with Crippen molar-refractivity contribution in [3.8, 4) is 0 Å². The number of ketones is 1. The molecule has 2 rings (SSSR count). The molecule has 10 heteroatoms. The molecule has 2 fully saturated rings. The Kier molecular flexibility index (Phi) is 20.0. The van der Waals surface area contributed by atoms with Gasteiger partial charge in [-0.3, -0.25) is 19.2 Å². The van der Waals surface area contributed by atoms with Gasteiger partial charge in [0.15, 0.2) is 0 Å². The highest BCUT2D eigenvalue weighted by Crippen LogP contribution is 2.30. The Bertz CT molecular complexity index is 757. The van der Waals surface area contributed by atoms with Gasteiger partial charge in [-0.1, -0.05) is 74.1 Å². The topological polar surface area (TPSA) is 148 Å². The second-order valence-corrected chi connectivity index (χ2v) is 11.4. The van der Waals surface area contributed by atoms with E-state index in [1.165, 1.54) is 11.3 Å². The van der Waals surface area contributed by atoms with Gasteiger partial charge in [-0.2, -0.15) is 0 Å². The van der Waals surface area contributed by atoms with Crippen LogP contribution in [0.5, 0.6) is 0 Å². The average Bonchev–Trinajstić information content (AvgIpc) is 3.29. The second kappa shape index (κ2) is 20.3. The van der Waals surface area contributed by atoms with Crippen LogP contribution in [-0.2, 0) is 23.9 Å². The summed E-state index contributed by atoms with van der Waals surface area (Å²) >= 11 is 0. The van der Waals surface area contributed by atoms with Gasteiger partial charge in [0.2, 0.25) is 17.6 Å². The van der Waals surface area contributed by atoms with Crippen LogP contribution in [0.3, 0.4) is 0 Å². The Morgan fingerprint density at radius 2 is 1.49 bits per heavy atom. The standard InChI is InChI=1S/C20H32N4O6.C4H10.C3H8.C2H6/c1-20(2,3)30-19(29)22-11-15(25)24-9-5-8-14(24)18(28)23-13(16(26)17(21)27)10-12-6-4-7-12;1-4(2)3;1-3-2;1-2/h12-14H,4-11H2,1-3H3,(H2,21,27)(H,22,29)(H,23,28);4H,1-3H3;3H2,1-2H3;1-2H3. The van der Waals surface area contributed by atoms with E-state index in [0.717, 1.165) is 25.2 Å². The molecule has 0 aromatic carbocycles. The molecule has 0 bridgehead atoms. The number of hydrogen-bond acceptors (Lipinski definition) is 6. The maximum atomic E-state index is 12.8. The molecule has 1 aliphatic heterocycles. The summed E-state index contributed by atoms with van der Waals surface area (Å²) < 4.78 is 5.10. The lowest BCUT2D eigenvalue weighted by molar-refractivity contribution is -0.141. The number of carbonyl (C=O) groups excluding carboxylic acids is 5. The Morgan fingerprint density at radius 3 is 1.90 bits per heavy atom. The Hall–Kier alpha value is -2.65. The number of Topliss-reactive ketones (excluding diaryl/α,β-unsaturated/α-hetero) is 1. The molecule has 0 aromatic heterocycles. The predicted octanol–water partition coefficient (Wildman–Crippen LogP) is 4.34. The molecule has 1 saturated carbocycles. The summed E-state index contributed by atoms with van der Waals surface area (Å²) in [5, 5.41) is 5.02. The van der Waals surface area contributed by atoms with Crippen LogP contribution in [0.25, 0.3) is 0 Å². The highest BCUT2D eigenvalue weighted by Gasteiger charge is 2.37. The van der Waals surface area contributed by atoms with E-state index in [2.05, 4.69) is 45.3 Å². The van der Waals surface area contributed by atoms with Crippen LogP contribution in [0.15, 0.2) is 0 Å². The lowest BCUT2D eigenvalue weighted by atomic mass is 9.80. The lowest BCUT2D eigenvalue weighted by Gasteiger charge is -2.30. The first-order chi connectivity index (χ1) is 18.1. The van der Waals surface area contributed by atoms with Crippen LogP contribution in [-0.4, -0.2) is 65.3 Å². The number of alkyl carbamates (subject to hydrolysis) is 1. The summed E-state index contributed by atoms with van der Waals surface area (Å²) in [5.41, 5.74) is 4.44. The van der Waals surface area contributed by atoms with Crippen molar-refractivity contribution in [2.24, 2.45) is 17.6 Å². The molecular weight excluding hydrogens is 500 g/mol. The van der Waals surface area contributed by atoms with Crippen LogP contribution >= 0.6 is 0 Å². The van der Waals surface area contributed by atoms with E-state index in [1.54, 1.807) is 20.8 Å². The minimum Gasteiger partial charge on any atom is -0.444 e. The fourth-order valence-corrected chi connectivity index (χ4v) is 3.63. The minimum atomic E-state index is -1.08. The van der Waals surface area contributed by atoms with Crippen molar-refractivity contribution in [2.45, 2.75) is 132 Å². The van der Waals surface area contributed by atoms with E-state index in [4.69, 9.17) is 10.5 Å². The minimum absolute atomic E-state index is 0.276. The lowest BCUT2D eigenvalue weighted by Crippen LogP contribution is -2.54. The third-order valence-corrected chi connectivity index (χ3v) is 5.33. The Labute approximate surface area is 236 Å². The van der Waals surface area contributed by atoms with Crippen LogP contribution in [0.1, 0.15) is 114 Å². The highest BCUT2D eigenvalue weighted by molar-refractivity contribution is 6.37. The highest BCUT2D eigenvalue weighted by atomic mass is 16.6. The smallest absolute Gasteiger partial charge is 0.408 e. The average molecular weight is 557 g/mol. The maximum Gasteiger partial charge on any atom is 0.408 e. The van der Waals surface area contributed by atoms with Gasteiger partial charge in [0.25, 0.3) is 5.91 Å². The van der Waals surface area contributed by atoms with E-state index in [1.807, 2.05) is 13.8 Å². The molecule has 0 spiro atoms. The number of nitrogens with one attached hydrogen (secondary N) is 2. The van der Waals surface area contributed by atoms with Gasteiger partial charge in [-0.15, -0.1) is 0 Å². The monoisotopic (exact) mass is 556 g/mol. The van der Waals surface area contributed by atoms with Crippen LogP contribution in [0, 0.1) is 11.8 Å². The zero-order valence-corrected chi connectivity index (χ0v) is 26.1. The third-order valence-electron chi connectivity index (χ3n) is 5.33. The molecule has 228 valence electrons. The van der Waals surface area contributed by atoms with Crippen molar-refractivity contribution in [3.63, 3.8) is 0 Å². The predicted molar refractivity (Wildman–Crippen MR) is 155 cm³/mol. The van der Waals surface area contributed by atoms with Gasteiger partial charge < -0.3 is 26.0 Å². The number of nitrogens with zero attached hydrogens (tertiary/aromatic N) is 1. The molecule has 1 heterocycles. The van der Waals surface area contributed by atoms with Crippen LogP contribution < -0.4 is 16.4 Å². The first kappa shape index (κ1) is 38.5. The second-order valence-electron chi connectivity index (χ2n) is 11.4. The number of hydrogen-bond donors (Lipinski definition) is 3. The number of carbonyl (C=O) groups is 5. The normalized spacial score (nSPS) is 17.0. The molecular formula is C29H56N4O6. The van der Waals surface area contributed by atoms with Crippen LogP contribution in [0.4, 0.5) is 4.79 Å². The summed E-state index contributed by atoms with van der Waals surface area (Å²) in [6.45, 7) is 19.9. The third kappa shape index (κ3) is 17.5. The summed E-state index contributed by atoms with van der Waals surface area (Å²) in [4.78, 5) is 61.9. The molecule has 0 radical (unpaired) electrons. The quantitative estimate of drug-likeness (QED) is 0.379. The van der Waals surface area contributed by atoms with E-state index in [9.17, 15) is 24.0 Å². The van der Waals surface area contributed by atoms with E-state index in [0.29, 0.717) is 25.8 Å². The van der Waals surface area contributed by atoms with Gasteiger partial charge >= 0.3 is 6.09 Å². The van der Waals surface area contributed by atoms with Gasteiger partial charge in [0, 0.05) is 6.54 Å². The van der Waals surface area contributed by atoms with Crippen molar-refractivity contribution in [3.05, 3.63) is 0 Å². The van der Waals surface area contributed by atoms with Gasteiger partial charge in [0.05, 0.1) is 6.04 Å². The molecule has 39 heavy (non-hydrogen) atoms. The fraction of sp³-hybridized carbons (Fsp3) is 0.828. The molecule has 1 saturated heterocycles. The van der Waals surface area contributed by atoms with Crippen molar-refractivity contribution < 1.29 is 28.7 Å². The summed E-state index contributed by atoms with van der Waals surface area (Å²) in [5.74, 6) is -1.71. The van der Waals surface area contributed by atoms with Crippen molar-refractivity contribution in [2.75, 3.05) is 13.1 Å². The zero-order chi connectivity index (χ0) is 30.8. The van der Waals surface area contributed by atoms with Gasteiger partial charge in [0.1, 0.15) is 18.2 Å². The Balaban J connectivity index is 0. The molecule has 2 atom stereocenters. The number of primary amides is 1. The van der Waals surface area contributed by atoms with Gasteiger partial charge in [-0.25, -0.2) is 4.79 Å². The molecule has 0 aromatic rings. The van der Waals surface area contributed by atoms with Crippen molar-refractivity contribution >= 4 is 29.6 Å². The maximum absolute atomic E-state index is 12.8. The van der Waals surface area contributed by atoms with E-state index < -0.39 is 47.3 Å². The summed E-state index contributed by atoms with van der Waals surface area (Å²) in [6, 6.07) is -1.74. The molecule has 1 aliphatic carbocycles. The molecule has 4 amide bonds. The molecule has 4 N–H and O–H groups in total. The molecule has 2 aliphatic rings. The number of amides is 4. The van der Waals surface area contributed by atoms with Crippen molar-refractivity contribution in [1.29, 1.82) is 0 Å². The van der Waals surface area contributed by atoms with E-state index >= 15 is 0 Å². The number of likely N-dealkylation sites (tertiary alicyclic amines) is 1. The largest absolute Gasteiger partial charge is 0.444 e. The van der Waals surface area contributed by atoms with Gasteiger partial charge in [-0.05, 0) is 51.9 Å². The summed E-state index contributed by atoms with van der Waals surface area (Å²) in [7, 11) is 0. The number of ether oxygens (including phenoxy) is 1.